The van der Waals surface area contributed by atoms with Gasteiger partial charge < -0.3 is 15.3 Å². The third-order valence-corrected chi connectivity index (χ3v) is 3.73. The summed E-state index contributed by atoms with van der Waals surface area (Å²) in [6.07, 6.45) is 8.28. The number of likely N-dealkylation sites (tertiary alicyclic amines) is 1. The first-order valence-corrected chi connectivity index (χ1v) is 6.60. The van der Waals surface area contributed by atoms with Crippen molar-refractivity contribution in [3.05, 3.63) is 12.2 Å². The topological polar surface area (TPSA) is 69.6 Å². The highest BCUT2D eigenvalue weighted by atomic mass is 16.4. The molecule has 1 heterocycles. The highest BCUT2D eigenvalue weighted by Gasteiger charge is 2.27. The van der Waals surface area contributed by atoms with Crippen molar-refractivity contribution in [1.82, 2.24) is 10.2 Å². The van der Waals surface area contributed by atoms with Crippen LogP contribution < -0.4 is 5.32 Å². The van der Waals surface area contributed by atoms with Gasteiger partial charge in [0.2, 0.25) is 0 Å². The number of hydrogen-bond donors (Lipinski definition) is 2. The van der Waals surface area contributed by atoms with Gasteiger partial charge in [0.15, 0.2) is 0 Å². The predicted molar refractivity (Wildman–Crippen MR) is 67.2 cm³/mol. The number of carboxylic acids is 1. The zero-order valence-corrected chi connectivity index (χ0v) is 10.5. The fourth-order valence-corrected chi connectivity index (χ4v) is 2.52. The highest BCUT2D eigenvalue weighted by Crippen LogP contribution is 2.18. The van der Waals surface area contributed by atoms with E-state index in [9.17, 15) is 9.59 Å². The maximum atomic E-state index is 12.0. The van der Waals surface area contributed by atoms with Gasteiger partial charge in [-0.15, -0.1) is 0 Å². The molecule has 0 aromatic heterocycles. The van der Waals surface area contributed by atoms with E-state index in [2.05, 4.69) is 17.5 Å². The van der Waals surface area contributed by atoms with Crippen LogP contribution in [0.15, 0.2) is 12.2 Å². The fourth-order valence-electron chi connectivity index (χ4n) is 2.52. The van der Waals surface area contributed by atoms with Gasteiger partial charge in [0, 0.05) is 19.1 Å². The first kappa shape index (κ1) is 12.9. The van der Waals surface area contributed by atoms with Crippen molar-refractivity contribution in [2.24, 2.45) is 5.92 Å². The van der Waals surface area contributed by atoms with Crippen molar-refractivity contribution < 1.29 is 14.7 Å². The summed E-state index contributed by atoms with van der Waals surface area (Å²) in [7, 11) is 0. The lowest BCUT2D eigenvalue weighted by atomic mass is 9.97. The molecule has 5 nitrogen and oxygen atoms in total. The third-order valence-electron chi connectivity index (χ3n) is 3.73. The van der Waals surface area contributed by atoms with Crippen LogP contribution in [-0.4, -0.2) is 41.1 Å². The van der Waals surface area contributed by atoms with Gasteiger partial charge in [-0.05, 0) is 32.1 Å². The molecule has 1 unspecified atom stereocenters. The normalized spacial score (nSPS) is 24.9. The second-order valence-electron chi connectivity index (χ2n) is 5.03. The van der Waals surface area contributed by atoms with Gasteiger partial charge in [0.1, 0.15) is 0 Å². The molecule has 0 saturated carbocycles. The summed E-state index contributed by atoms with van der Waals surface area (Å²) >= 11 is 0. The number of nitrogens with one attached hydrogen (secondary N) is 1. The van der Waals surface area contributed by atoms with Crippen molar-refractivity contribution in [3.8, 4) is 0 Å². The molecule has 2 rings (SSSR count). The third kappa shape index (κ3) is 3.24. The van der Waals surface area contributed by atoms with Crippen LogP contribution >= 0.6 is 0 Å². The summed E-state index contributed by atoms with van der Waals surface area (Å²) < 4.78 is 0. The van der Waals surface area contributed by atoms with Crippen LogP contribution in [0, 0.1) is 5.92 Å². The van der Waals surface area contributed by atoms with E-state index < -0.39 is 5.97 Å². The Balaban J connectivity index is 1.77. The van der Waals surface area contributed by atoms with Gasteiger partial charge >= 0.3 is 12.0 Å². The molecule has 2 aliphatic rings. The number of rotatable bonds is 2. The fraction of sp³-hybridized carbons (Fsp3) is 0.692. The molecule has 0 radical (unpaired) electrons. The lowest BCUT2D eigenvalue weighted by Crippen LogP contribution is -2.48. The van der Waals surface area contributed by atoms with Crippen molar-refractivity contribution in [3.63, 3.8) is 0 Å². The molecule has 0 aromatic carbocycles. The molecule has 0 aromatic rings. The van der Waals surface area contributed by atoms with E-state index >= 15 is 0 Å². The predicted octanol–water partition coefficient (Wildman–Crippen LogP) is 1.60. The Morgan fingerprint density at radius 1 is 1.17 bits per heavy atom. The molecule has 1 atom stereocenters. The van der Waals surface area contributed by atoms with E-state index in [1.165, 1.54) is 0 Å². The summed E-state index contributed by atoms with van der Waals surface area (Å²) in [6, 6.07) is 0.193. The number of carboxylic acid groups (broad SMARTS) is 1. The molecule has 18 heavy (non-hydrogen) atoms. The zero-order valence-electron chi connectivity index (χ0n) is 10.5. The minimum absolute atomic E-state index is 0.0425. The number of hydrogen-bond acceptors (Lipinski definition) is 2. The molecule has 1 aliphatic carbocycles. The number of amides is 2. The molecule has 2 N–H and O–H groups in total. The van der Waals surface area contributed by atoms with Crippen molar-refractivity contribution in [2.45, 2.75) is 38.1 Å². The maximum Gasteiger partial charge on any atom is 0.317 e. The summed E-state index contributed by atoms with van der Waals surface area (Å²) in [5.41, 5.74) is 0. The Kier molecular flexibility index (Phi) is 4.23. The molecule has 0 bridgehead atoms. The summed E-state index contributed by atoms with van der Waals surface area (Å²) in [5.74, 6) is -1.03. The van der Waals surface area contributed by atoms with E-state index in [1.54, 1.807) is 4.90 Å². The van der Waals surface area contributed by atoms with Gasteiger partial charge in [-0.1, -0.05) is 12.2 Å². The number of piperidine rings is 1. The minimum atomic E-state index is -0.743. The quantitative estimate of drug-likeness (QED) is 0.733. The number of aliphatic carboxylic acids is 1. The zero-order chi connectivity index (χ0) is 13.0. The van der Waals surface area contributed by atoms with Crippen LogP contribution in [0.2, 0.25) is 0 Å². The SMILES string of the molecule is O=C(O)C1CCN(C(=O)NC2CC=CCC2)CC1. The van der Waals surface area contributed by atoms with Crippen LogP contribution in [0.4, 0.5) is 4.79 Å². The average molecular weight is 252 g/mol. The van der Waals surface area contributed by atoms with Crippen molar-refractivity contribution in [1.29, 1.82) is 0 Å². The van der Waals surface area contributed by atoms with Crippen LogP contribution in [0.25, 0.3) is 0 Å². The Hall–Kier alpha value is -1.52. The van der Waals surface area contributed by atoms with Gasteiger partial charge in [-0.2, -0.15) is 0 Å². The van der Waals surface area contributed by atoms with Gasteiger partial charge in [0.25, 0.3) is 0 Å². The number of allylic oxidation sites excluding steroid dienone is 1. The Morgan fingerprint density at radius 2 is 1.89 bits per heavy atom. The van der Waals surface area contributed by atoms with Crippen LogP contribution in [0.3, 0.4) is 0 Å². The number of nitrogens with zero attached hydrogens (tertiary/aromatic N) is 1. The molecule has 5 heteroatoms. The smallest absolute Gasteiger partial charge is 0.317 e. The van der Waals surface area contributed by atoms with Gasteiger partial charge in [-0.25, -0.2) is 4.79 Å². The van der Waals surface area contributed by atoms with Crippen molar-refractivity contribution in [2.75, 3.05) is 13.1 Å². The van der Waals surface area contributed by atoms with E-state index in [1.807, 2.05) is 0 Å². The number of carbonyl (C=O) groups excluding carboxylic acids is 1. The Bertz CT molecular complexity index is 346. The van der Waals surface area contributed by atoms with Gasteiger partial charge in [-0.3, -0.25) is 4.79 Å². The second-order valence-corrected chi connectivity index (χ2v) is 5.03. The molecular formula is C13H20N2O3. The lowest BCUT2D eigenvalue weighted by molar-refractivity contribution is -0.143. The summed E-state index contributed by atoms with van der Waals surface area (Å²) in [4.78, 5) is 24.5. The molecule has 1 saturated heterocycles. The molecule has 100 valence electrons. The van der Waals surface area contributed by atoms with Crippen molar-refractivity contribution >= 4 is 12.0 Å². The maximum absolute atomic E-state index is 12.0. The second kappa shape index (κ2) is 5.89. The summed E-state index contributed by atoms with van der Waals surface area (Å²) in [6.45, 7) is 1.09. The standard InChI is InChI=1S/C13H20N2O3/c16-12(17)10-6-8-15(9-7-10)13(18)14-11-4-2-1-3-5-11/h1-2,10-11H,3-9H2,(H,14,18)(H,16,17). The monoisotopic (exact) mass is 252 g/mol. The highest BCUT2D eigenvalue weighted by molar-refractivity contribution is 5.75. The molecule has 1 fully saturated rings. The Labute approximate surface area is 107 Å². The molecule has 2 amide bonds. The van der Waals surface area contributed by atoms with Crippen LogP contribution in [0.5, 0.6) is 0 Å². The molecular weight excluding hydrogens is 232 g/mol. The average Bonchev–Trinajstić information content (AvgIpc) is 2.40. The molecule has 1 aliphatic heterocycles. The largest absolute Gasteiger partial charge is 0.481 e. The summed E-state index contributed by atoms with van der Waals surface area (Å²) in [5, 5.41) is 11.9. The number of urea groups is 1. The number of carbonyl (C=O) groups is 2. The molecule has 0 spiro atoms. The van der Waals surface area contributed by atoms with Crippen LogP contribution in [0.1, 0.15) is 32.1 Å². The van der Waals surface area contributed by atoms with Crippen LogP contribution in [-0.2, 0) is 4.79 Å². The first-order chi connectivity index (χ1) is 8.66. The van der Waals surface area contributed by atoms with E-state index in [0.717, 1.165) is 19.3 Å². The van der Waals surface area contributed by atoms with E-state index in [0.29, 0.717) is 25.9 Å². The van der Waals surface area contributed by atoms with E-state index in [4.69, 9.17) is 5.11 Å². The lowest BCUT2D eigenvalue weighted by Gasteiger charge is -2.32. The minimum Gasteiger partial charge on any atom is -0.481 e. The van der Waals surface area contributed by atoms with Gasteiger partial charge in [0.05, 0.1) is 5.92 Å². The van der Waals surface area contributed by atoms with E-state index in [-0.39, 0.29) is 18.0 Å². The Morgan fingerprint density at radius 3 is 2.44 bits per heavy atom. The first-order valence-electron chi connectivity index (χ1n) is 6.60.